The van der Waals surface area contributed by atoms with Gasteiger partial charge in [-0.2, -0.15) is 0 Å². The molecule has 4 heteroatoms. The van der Waals surface area contributed by atoms with E-state index in [9.17, 15) is 4.79 Å². The first-order valence-electron chi connectivity index (χ1n) is 6.51. The van der Waals surface area contributed by atoms with Crippen molar-refractivity contribution in [2.75, 3.05) is 0 Å². The summed E-state index contributed by atoms with van der Waals surface area (Å²) in [4.78, 5) is 15.4. The first-order valence-corrected chi connectivity index (χ1v) is 6.51. The van der Waals surface area contributed by atoms with Crippen LogP contribution in [0.5, 0.6) is 11.6 Å². The van der Waals surface area contributed by atoms with E-state index in [0.29, 0.717) is 17.2 Å². The second-order valence-electron chi connectivity index (χ2n) is 4.73. The van der Waals surface area contributed by atoms with E-state index in [1.807, 2.05) is 30.3 Å². The van der Waals surface area contributed by atoms with Crippen molar-refractivity contribution in [3.8, 4) is 11.6 Å². The van der Waals surface area contributed by atoms with Crippen LogP contribution < -0.4 is 4.74 Å². The highest BCUT2D eigenvalue weighted by atomic mass is 16.5. The lowest BCUT2D eigenvalue weighted by molar-refractivity contribution is 0.0696. The van der Waals surface area contributed by atoms with Gasteiger partial charge in [-0.25, -0.2) is 9.78 Å². The maximum Gasteiger partial charge on any atom is 0.335 e. The molecule has 0 radical (unpaired) electrons. The summed E-state index contributed by atoms with van der Waals surface area (Å²) in [6.07, 6.45) is 0. The standard InChI is InChI=1S/C17H13NO3/c1-11-10-13(7-8-14(11)17(19)20)21-16-9-6-12-4-2-3-5-15(12)18-16/h2-10H,1H3,(H,19,20). The zero-order valence-electron chi connectivity index (χ0n) is 11.4. The molecule has 1 N–H and O–H groups in total. The number of carboxylic acids is 1. The van der Waals surface area contributed by atoms with Crippen molar-refractivity contribution in [2.24, 2.45) is 0 Å². The molecular weight excluding hydrogens is 266 g/mol. The fourth-order valence-electron chi connectivity index (χ4n) is 2.16. The van der Waals surface area contributed by atoms with Gasteiger partial charge in [-0.15, -0.1) is 0 Å². The fourth-order valence-corrected chi connectivity index (χ4v) is 2.16. The van der Waals surface area contributed by atoms with Crippen LogP contribution >= 0.6 is 0 Å². The summed E-state index contributed by atoms with van der Waals surface area (Å²) in [5.74, 6) is 0.110. The number of fused-ring (bicyclic) bond motifs is 1. The third kappa shape index (κ3) is 2.69. The number of benzene rings is 2. The van der Waals surface area contributed by atoms with Crippen LogP contribution in [0.4, 0.5) is 0 Å². The van der Waals surface area contributed by atoms with Crippen molar-refractivity contribution in [1.29, 1.82) is 0 Å². The first-order chi connectivity index (χ1) is 10.1. The van der Waals surface area contributed by atoms with Gasteiger partial charge in [-0.3, -0.25) is 0 Å². The Labute approximate surface area is 121 Å². The average Bonchev–Trinajstić information content (AvgIpc) is 2.47. The van der Waals surface area contributed by atoms with Crippen LogP contribution in [0.3, 0.4) is 0 Å². The molecule has 1 heterocycles. The summed E-state index contributed by atoms with van der Waals surface area (Å²) in [6.45, 7) is 1.74. The van der Waals surface area contributed by atoms with Gasteiger partial charge in [0.25, 0.3) is 0 Å². The Morgan fingerprint density at radius 1 is 1.10 bits per heavy atom. The number of nitrogens with zero attached hydrogens (tertiary/aromatic N) is 1. The van der Waals surface area contributed by atoms with Crippen molar-refractivity contribution in [3.05, 3.63) is 65.7 Å². The molecule has 0 aliphatic rings. The zero-order valence-corrected chi connectivity index (χ0v) is 11.4. The molecule has 0 saturated carbocycles. The number of rotatable bonds is 3. The van der Waals surface area contributed by atoms with E-state index < -0.39 is 5.97 Å². The van der Waals surface area contributed by atoms with Crippen molar-refractivity contribution in [3.63, 3.8) is 0 Å². The molecule has 0 atom stereocenters. The number of hydrogen-bond donors (Lipinski definition) is 1. The van der Waals surface area contributed by atoms with Gasteiger partial charge in [0.05, 0.1) is 11.1 Å². The van der Waals surface area contributed by atoms with Crippen LogP contribution in [-0.4, -0.2) is 16.1 Å². The molecule has 3 rings (SSSR count). The molecule has 0 amide bonds. The summed E-state index contributed by atoms with van der Waals surface area (Å²) >= 11 is 0. The summed E-state index contributed by atoms with van der Waals surface area (Å²) in [5, 5.41) is 10.1. The Morgan fingerprint density at radius 3 is 2.67 bits per heavy atom. The van der Waals surface area contributed by atoms with Crippen LogP contribution in [0, 0.1) is 6.92 Å². The highest BCUT2D eigenvalue weighted by Gasteiger charge is 2.08. The number of aryl methyl sites for hydroxylation is 1. The monoisotopic (exact) mass is 279 g/mol. The Morgan fingerprint density at radius 2 is 1.90 bits per heavy atom. The molecule has 1 aromatic heterocycles. The third-order valence-electron chi connectivity index (χ3n) is 3.22. The quantitative estimate of drug-likeness (QED) is 0.786. The Balaban J connectivity index is 1.91. The summed E-state index contributed by atoms with van der Waals surface area (Å²) in [7, 11) is 0. The highest BCUT2D eigenvalue weighted by Crippen LogP contribution is 2.24. The second-order valence-corrected chi connectivity index (χ2v) is 4.73. The minimum atomic E-state index is -0.942. The molecule has 0 aliphatic carbocycles. The lowest BCUT2D eigenvalue weighted by Gasteiger charge is -2.08. The van der Waals surface area contributed by atoms with Crippen LogP contribution in [0.25, 0.3) is 10.9 Å². The zero-order chi connectivity index (χ0) is 14.8. The lowest BCUT2D eigenvalue weighted by Crippen LogP contribution is -1.99. The summed E-state index contributed by atoms with van der Waals surface area (Å²) in [6, 6.07) is 16.4. The van der Waals surface area contributed by atoms with E-state index in [4.69, 9.17) is 9.84 Å². The van der Waals surface area contributed by atoms with Crippen LogP contribution in [0.2, 0.25) is 0 Å². The minimum Gasteiger partial charge on any atom is -0.478 e. The van der Waals surface area contributed by atoms with Crippen molar-refractivity contribution >= 4 is 16.9 Å². The topological polar surface area (TPSA) is 59.4 Å². The predicted octanol–water partition coefficient (Wildman–Crippen LogP) is 4.03. The van der Waals surface area contributed by atoms with E-state index in [2.05, 4.69) is 4.98 Å². The van der Waals surface area contributed by atoms with Crippen molar-refractivity contribution in [1.82, 2.24) is 4.98 Å². The third-order valence-corrected chi connectivity index (χ3v) is 3.22. The Bertz CT molecular complexity index is 827. The van der Waals surface area contributed by atoms with Gasteiger partial charge in [0.2, 0.25) is 5.88 Å². The first kappa shape index (κ1) is 13.1. The van der Waals surface area contributed by atoms with Crippen LogP contribution in [0.15, 0.2) is 54.6 Å². The molecule has 2 aromatic carbocycles. The number of ether oxygens (including phenoxy) is 1. The van der Waals surface area contributed by atoms with Crippen LogP contribution in [-0.2, 0) is 0 Å². The molecular formula is C17H13NO3. The molecule has 21 heavy (non-hydrogen) atoms. The molecule has 4 nitrogen and oxygen atoms in total. The molecule has 0 fully saturated rings. The fraction of sp³-hybridized carbons (Fsp3) is 0.0588. The molecule has 0 bridgehead atoms. The SMILES string of the molecule is Cc1cc(Oc2ccc3ccccc3n2)ccc1C(=O)O. The largest absolute Gasteiger partial charge is 0.478 e. The normalized spacial score (nSPS) is 10.5. The lowest BCUT2D eigenvalue weighted by atomic mass is 10.1. The Kier molecular flexibility index (Phi) is 3.28. The minimum absolute atomic E-state index is 0.272. The van der Waals surface area contributed by atoms with Gasteiger partial charge in [-0.1, -0.05) is 18.2 Å². The van der Waals surface area contributed by atoms with E-state index >= 15 is 0 Å². The van der Waals surface area contributed by atoms with E-state index in [-0.39, 0.29) is 5.56 Å². The molecule has 0 unspecified atom stereocenters. The number of carboxylic acid groups (broad SMARTS) is 1. The van der Waals surface area contributed by atoms with E-state index in [0.717, 1.165) is 10.9 Å². The highest BCUT2D eigenvalue weighted by molar-refractivity contribution is 5.89. The smallest absolute Gasteiger partial charge is 0.335 e. The van der Waals surface area contributed by atoms with E-state index in [1.54, 1.807) is 25.1 Å². The van der Waals surface area contributed by atoms with Gasteiger partial charge in [-0.05, 0) is 42.8 Å². The number of aromatic nitrogens is 1. The van der Waals surface area contributed by atoms with Crippen molar-refractivity contribution in [2.45, 2.75) is 6.92 Å². The molecule has 104 valence electrons. The Hall–Kier alpha value is -2.88. The van der Waals surface area contributed by atoms with Gasteiger partial charge in [0.1, 0.15) is 5.75 Å². The number of aromatic carboxylic acids is 1. The summed E-state index contributed by atoms with van der Waals surface area (Å²) in [5.41, 5.74) is 1.78. The van der Waals surface area contributed by atoms with Crippen molar-refractivity contribution < 1.29 is 14.6 Å². The second kappa shape index (κ2) is 5.25. The maximum atomic E-state index is 11.0. The van der Waals surface area contributed by atoms with Gasteiger partial charge >= 0.3 is 5.97 Å². The van der Waals surface area contributed by atoms with Gasteiger partial charge in [0.15, 0.2) is 0 Å². The van der Waals surface area contributed by atoms with Gasteiger partial charge < -0.3 is 9.84 Å². The van der Waals surface area contributed by atoms with Crippen LogP contribution in [0.1, 0.15) is 15.9 Å². The number of carbonyl (C=O) groups is 1. The van der Waals surface area contributed by atoms with Gasteiger partial charge in [0, 0.05) is 11.5 Å². The average molecular weight is 279 g/mol. The molecule has 0 spiro atoms. The predicted molar refractivity (Wildman–Crippen MR) is 80.0 cm³/mol. The molecule has 0 aliphatic heterocycles. The molecule has 0 saturated heterocycles. The van der Waals surface area contributed by atoms with E-state index in [1.165, 1.54) is 6.07 Å². The number of hydrogen-bond acceptors (Lipinski definition) is 3. The summed E-state index contributed by atoms with van der Waals surface area (Å²) < 4.78 is 5.70. The number of para-hydroxylation sites is 1. The molecule has 3 aromatic rings. The number of pyridine rings is 1. The maximum absolute atomic E-state index is 11.0.